The Morgan fingerprint density at radius 1 is 0.929 bits per heavy atom. The van der Waals surface area contributed by atoms with Crippen molar-refractivity contribution in [2.24, 2.45) is 5.10 Å². The van der Waals surface area contributed by atoms with Crippen molar-refractivity contribution in [3.8, 4) is 5.75 Å². The van der Waals surface area contributed by atoms with Crippen molar-refractivity contribution in [1.82, 2.24) is 5.43 Å². The summed E-state index contributed by atoms with van der Waals surface area (Å²) in [6.07, 6.45) is 1.46. The van der Waals surface area contributed by atoms with E-state index >= 15 is 0 Å². The molecule has 3 aromatic carbocycles. The summed E-state index contributed by atoms with van der Waals surface area (Å²) in [5, 5.41) is 3.91. The summed E-state index contributed by atoms with van der Waals surface area (Å²) in [6.45, 7) is 0. The lowest BCUT2D eigenvalue weighted by Crippen LogP contribution is -2.18. The van der Waals surface area contributed by atoms with Crippen molar-refractivity contribution in [1.29, 1.82) is 0 Å². The Morgan fingerprint density at radius 3 is 2.25 bits per heavy atom. The Kier molecular flexibility index (Phi) is 6.29. The number of nitrogens with zero attached hydrogens (tertiary/aromatic N) is 1. The molecule has 0 aliphatic heterocycles. The summed E-state index contributed by atoms with van der Waals surface area (Å²) in [7, 11) is 0. The summed E-state index contributed by atoms with van der Waals surface area (Å²) in [6, 6.07) is 19.0. The van der Waals surface area contributed by atoms with Gasteiger partial charge >= 0.3 is 5.97 Å². The van der Waals surface area contributed by atoms with Crippen molar-refractivity contribution < 1.29 is 18.7 Å². The second kappa shape index (κ2) is 9.05. The molecule has 0 bridgehead atoms. The molecule has 0 saturated heterocycles. The fraction of sp³-hybridized carbons (Fsp3) is 0. The Bertz CT molecular complexity index is 1040. The van der Waals surface area contributed by atoms with E-state index in [1.165, 1.54) is 24.4 Å². The molecule has 1 N–H and O–H groups in total. The summed E-state index contributed by atoms with van der Waals surface area (Å²) in [5.41, 5.74) is 3.45. The highest BCUT2D eigenvalue weighted by atomic mass is 79.9. The predicted octanol–water partition coefficient (Wildman–Crippen LogP) is 4.57. The Hall–Kier alpha value is -3.32. The quantitative estimate of drug-likeness (QED) is 0.273. The van der Waals surface area contributed by atoms with Gasteiger partial charge in [0.25, 0.3) is 5.91 Å². The van der Waals surface area contributed by atoms with Crippen LogP contribution in [0, 0.1) is 5.82 Å². The molecule has 0 aliphatic rings. The molecule has 0 aromatic heterocycles. The number of nitrogens with one attached hydrogen (secondary N) is 1. The highest BCUT2D eigenvalue weighted by Crippen LogP contribution is 2.16. The van der Waals surface area contributed by atoms with Gasteiger partial charge in [0.1, 0.15) is 11.6 Å². The van der Waals surface area contributed by atoms with Crippen LogP contribution in [-0.2, 0) is 0 Å². The van der Waals surface area contributed by atoms with Gasteiger partial charge in [0, 0.05) is 4.47 Å². The van der Waals surface area contributed by atoms with Crippen LogP contribution < -0.4 is 10.2 Å². The summed E-state index contributed by atoms with van der Waals surface area (Å²) in [5.74, 6) is -1.50. The van der Waals surface area contributed by atoms with Crippen LogP contribution in [0.5, 0.6) is 5.75 Å². The Labute approximate surface area is 169 Å². The maximum Gasteiger partial charge on any atom is 0.346 e. The molecule has 0 heterocycles. The van der Waals surface area contributed by atoms with Crippen molar-refractivity contribution in [2.75, 3.05) is 0 Å². The Balaban J connectivity index is 1.59. The van der Waals surface area contributed by atoms with Gasteiger partial charge in [-0.25, -0.2) is 14.6 Å². The van der Waals surface area contributed by atoms with E-state index < -0.39 is 11.8 Å². The maximum atomic E-state index is 13.6. The number of carbonyl (C=O) groups excluding carboxylic acids is 2. The van der Waals surface area contributed by atoms with Gasteiger partial charge in [-0.05, 0) is 70.0 Å². The minimum absolute atomic E-state index is 0.136. The van der Waals surface area contributed by atoms with E-state index in [-0.39, 0.29) is 17.2 Å². The van der Waals surface area contributed by atoms with Gasteiger partial charge in [-0.2, -0.15) is 5.10 Å². The molecule has 3 aromatic rings. The number of benzene rings is 3. The van der Waals surface area contributed by atoms with Crippen LogP contribution >= 0.6 is 15.9 Å². The highest BCUT2D eigenvalue weighted by Gasteiger charge is 2.13. The monoisotopic (exact) mass is 440 g/mol. The summed E-state index contributed by atoms with van der Waals surface area (Å²) < 4.78 is 19.4. The molecule has 5 nitrogen and oxygen atoms in total. The molecule has 3 rings (SSSR count). The van der Waals surface area contributed by atoms with Crippen molar-refractivity contribution in [3.05, 3.63) is 99.8 Å². The van der Waals surface area contributed by atoms with Crippen LogP contribution in [0.1, 0.15) is 26.3 Å². The number of rotatable bonds is 5. The molecule has 0 saturated carbocycles. The first-order valence-electron chi connectivity index (χ1n) is 8.19. The molecule has 1 amide bonds. The normalized spacial score (nSPS) is 10.6. The number of hydrogen-bond donors (Lipinski definition) is 1. The third-order valence-corrected chi connectivity index (χ3v) is 4.37. The van der Waals surface area contributed by atoms with Crippen molar-refractivity contribution >= 4 is 34.0 Å². The van der Waals surface area contributed by atoms with E-state index in [4.69, 9.17) is 4.74 Å². The van der Waals surface area contributed by atoms with Gasteiger partial charge in [0.05, 0.1) is 17.3 Å². The van der Waals surface area contributed by atoms with Gasteiger partial charge in [-0.15, -0.1) is 0 Å². The average molecular weight is 441 g/mol. The minimum Gasteiger partial charge on any atom is -0.423 e. The molecule has 0 unspecified atom stereocenters. The molecule has 0 atom stereocenters. The van der Waals surface area contributed by atoms with Crippen LogP contribution in [0.2, 0.25) is 0 Å². The van der Waals surface area contributed by atoms with Crippen LogP contribution in [0.3, 0.4) is 0 Å². The number of amides is 1. The lowest BCUT2D eigenvalue weighted by atomic mass is 10.2. The molecular formula is C21H14BrFN2O3. The lowest BCUT2D eigenvalue weighted by Gasteiger charge is -2.05. The fourth-order valence-electron chi connectivity index (χ4n) is 2.28. The first-order chi connectivity index (χ1) is 13.5. The van der Waals surface area contributed by atoms with Crippen molar-refractivity contribution in [3.63, 3.8) is 0 Å². The molecule has 0 aliphatic carbocycles. The topological polar surface area (TPSA) is 67.8 Å². The van der Waals surface area contributed by atoms with Crippen LogP contribution in [0.4, 0.5) is 4.39 Å². The number of hydrogen-bond acceptors (Lipinski definition) is 4. The van der Waals surface area contributed by atoms with E-state index in [0.717, 1.165) is 0 Å². The maximum absolute atomic E-state index is 13.6. The molecular weight excluding hydrogens is 427 g/mol. The van der Waals surface area contributed by atoms with Gasteiger partial charge in [-0.3, -0.25) is 4.79 Å². The van der Waals surface area contributed by atoms with E-state index in [0.29, 0.717) is 15.6 Å². The van der Waals surface area contributed by atoms with Gasteiger partial charge in [0.15, 0.2) is 0 Å². The van der Waals surface area contributed by atoms with Gasteiger partial charge in [-0.1, -0.05) is 24.3 Å². The summed E-state index contributed by atoms with van der Waals surface area (Å²) in [4.78, 5) is 24.0. The van der Waals surface area contributed by atoms with Crippen LogP contribution in [0.25, 0.3) is 0 Å². The zero-order valence-electron chi connectivity index (χ0n) is 14.4. The predicted molar refractivity (Wildman–Crippen MR) is 107 cm³/mol. The standard InChI is InChI=1S/C21H14BrFN2O3/c22-18-7-3-1-5-16(18)20(26)25-24-13-14-9-11-15(12-10-14)28-21(27)17-6-2-4-8-19(17)23/h1-13H,(H,25,26)/b24-13-. The molecule has 0 fully saturated rings. The second-order valence-electron chi connectivity index (χ2n) is 5.62. The SMILES string of the molecule is O=C(Oc1ccc(/C=N\NC(=O)c2ccccc2Br)cc1)c1ccccc1F. The number of hydrazone groups is 1. The Morgan fingerprint density at radius 2 is 1.57 bits per heavy atom. The van der Waals surface area contributed by atoms with Crippen molar-refractivity contribution in [2.45, 2.75) is 0 Å². The molecule has 0 spiro atoms. The molecule has 7 heteroatoms. The smallest absolute Gasteiger partial charge is 0.346 e. The highest BCUT2D eigenvalue weighted by molar-refractivity contribution is 9.10. The minimum atomic E-state index is -0.778. The fourth-order valence-corrected chi connectivity index (χ4v) is 2.75. The summed E-state index contributed by atoms with van der Waals surface area (Å²) >= 11 is 3.30. The molecule has 0 radical (unpaired) electrons. The second-order valence-corrected chi connectivity index (χ2v) is 6.47. The molecule has 140 valence electrons. The van der Waals surface area contributed by atoms with Crippen LogP contribution in [-0.4, -0.2) is 18.1 Å². The zero-order valence-corrected chi connectivity index (χ0v) is 16.0. The number of ether oxygens (including phenoxy) is 1. The average Bonchev–Trinajstić information content (AvgIpc) is 2.70. The number of halogens is 2. The first kappa shape index (κ1) is 19.4. The lowest BCUT2D eigenvalue weighted by molar-refractivity contribution is 0.0729. The zero-order chi connectivity index (χ0) is 19.9. The molecule has 28 heavy (non-hydrogen) atoms. The van der Waals surface area contributed by atoms with Gasteiger partial charge < -0.3 is 4.74 Å². The van der Waals surface area contributed by atoms with E-state index in [2.05, 4.69) is 26.5 Å². The number of carbonyl (C=O) groups is 2. The largest absolute Gasteiger partial charge is 0.423 e. The van der Waals surface area contributed by atoms with Crippen LogP contribution in [0.15, 0.2) is 82.4 Å². The first-order valence-corrected chi connectivity index (χ1v) is 8.98. The van der Waals surface area contributed by atoms with E-state index in [1.54, 1.807) is 48.5 Å². The third-order valence-electron chi connectivity index (χ3n) is 3.68. The third kappa shape index (κ3) is 4.89. The van der Waals surface area contributed by atoms with E-state index in [9.17, 15) is 14.0 Å². The van der Waals surface area contributed by atoms with Gasteiger partial charge in [0.2, 0.25) is 0 Å². The van der Waals surface area contributed by atoms with E-state index in [1.807, 2.05) is 6.07 Å². The number of esters is 1.